The molecule has 0 saturated heterocycles. The maximum absolute atomic E-state index is 13.6. The molecule has 0 saturated carbocycles. The van der Waals surface area contributed by atoms with Crippen LogP contribution in [0.4, 0.5) is 0 Å². The Labute approximate surface area is 362 Å². The molecule has 0 amide bonds. The van der Waals surface area contributed by atoms with Gasteiger partial charge in [-0.3, -0.25) is 8.80 Å². The Kier molecular flexibility index (Phi) is 7.17. The second-order valence-corrected chi connectivity index (χ2v) is 18.6. The van der Waals surface area contributed by atoms with Gasteiger partial charge in [0.25, 0.3) is 11.0 Å². The lowest BCUT2D eigenvalue weighted by molar-refractivity contribution is -0.447. The Morgan fingerprint density at radius 3 is 0.774 bits per heavy atom. The van der Waals surface area contributed by atoms with Gasteiger partial charge in [-0.2, -0.15) is 0 Å². The molecule has 0 atom stereocenters. The molecule has 0 unspecified atom stereocenters. The molecule has 7 nitrogen and oxygen atoms in total. The second kappa shape index (κ2) is 12.0. The molecule has 12 heterocycles. The van der Waals surface area contributed by atoms with Crippen LogP contribution in [0.5, 0.6) is 5.75 Å². The molecule has 0 aliphatic heterocycles. The van der Waals surface area contributed by atoms with Crippen LogP contribution in [0.15, 0.2) is 0 Å². The first-order valence-electron chi connectivity index (χ1n) is 24.7. The van der Waals surface area contributed by atoms with Crippen molar-refractivity contribution in [3.8, 4) is 5.75 Å². The molecule has 13 rings (SSSR count). The molecule has 62 heavy (non-hydrogen) atoms. The average Bonchev–Trinajstić information content (AvgIpc) is 4.11. The Hall–Kier alpha value is -5.43. The van der Waals surface area contributed by atoms with E-state index in [9.17, 15) is 5.11 Å². The van der Waals surface area contributed by atoms with E-state index in [4.69, 9.17) is 0 Å². The highest BCUT2D eigenvalue weighted by atomic mass is 16.3. The van der Waals surface area contributed by atoms with Crippen molar-refractivity contribution in [2.75, 3.05) is 0 Å². The van der Waals surface area contributed by atoms with Gasteiger partial charge in [-0.1, -0.05) is 83.1 Å². The number of hydrogen-bond acceptors (Lipinski definition) is 1. The monoisotopic (exact) mass is 821 g/mol. The van der Waals surface area contributed by atoms with Crippen molar-refractivity contribution in [3.05, 3.63) is 66.8 Å². The fourth-order valence-electron chi connectivity index (χ4n) is 15.0. The molecule has 0 fully saturated rings. The van der Waals surface area contributed by atoms with Crippen LogP contribution in [0.2, 0.25) is 0 Å². The highest BCUT2D eigenvalue weighted by Gasteiger charge is 2.44. The summed E-state index contributed by atoms with van der Waals surface area (Å²) in [5, 5.41) is 13.6. The average molecular weight is 822 g/mol. The molecule has 316 valence electrons. The van der Waals surface area contributed by atoms with Gasteiger partial charge in [-0.25, -0.2) is 0 Å². The van der Waals surface area contributed by atoms with Crippen molar-refractivity contribution in [2.24, 2.45) is 0 Å². The number of aromatic hydroxyl groups is 1. The minimum Gasteiger partial charge on any atom is -0.501 e. The zero-order chi connectivity index (χ0) is 42.8. The Morgan fingerprint density at radius 1 is 0.242 bits per heavy atom. The van der Waals surface area contributed by atoms with Crippen molar-refractivity contribution in [1.82, 2.24) is 22.0 Å². The first kappa shape index (κ1) is 37.2. The third-order valence-electron chi connectivity index (χ3n) is 16.8. The summed E-state index contributed by atoms with van der Waals surface area (Å²) >= 11 is 0. The summed E-state index contributed by atoms with van der Waals surface area (Å²) in [6, 6.07) is 0. The van der Waals surface area contributed by atoms with Crippen molar-refractivity contribution in [2.45, 2.75) is 160 Å². The minimum atomic E-state index is 0.455. The van der Waals surface area contributed by atoms with Crippen LogP contribution in [-0.2, 0) is 77.0 Å². The zero-order valence-electron chi connectivity index (χ0n) is 39.1. The topological polar surface area (TPSA) is 46.4 Å². The molecular weight excluding hydrogens is 761 g/mol. The number of rotatable bonds is 12. The van der Waals surface area contributed by atoms with Gasteiger partial charge in [-0.05, 0) is 133 Å². The van der Waals surface area contributed by atoms with Crippen LogP contribution in [0, 0.1) is 0 Å². The van der Waals surface area contributed by atoms with Gasteiger partial charge in [0.05, 0.1) is 55.2 Å². The molecule has 1 N–H and O–H groups in total. The minimum absolute atomic E-state index is 0.455. The third kappa shape index (κ3) is 3.40. The number of aryl methyl sites for hydroxylation is 12. The lowest BCUT2D eigenvalue weighted by atomic mass is 9.99. The predicted molar refractivity (Wildman–Crippen MR) is 261 cm³/mol. The maximum atomic E-state index is 13.6. The summed E-state index contributed by atoms with van der Waals surface area (Å²) in [5.41, 5.74) is 41.2. The van der Waals surface area contributed by atoms with E-state index in [1.54, 1.807) is 0 Å². The Bertz CT molecular complexity index is 3700. The summed E-state index contributed by atoms with van der Waals surface area (Å²) in [5.74, 6) is 0.455. The maximum Gasteiger partial charge on any atom is 0.264 e. The van der Waals surface area contributed by atoms with E-state index in [-0.39, 0.29) is 0 Å². The molecule has 0 aliphatic carbocycles. The van der Waals surface area contributed by atoms with E-state index >= 15 is 0 Å². The van der Waals surface area contributed by atoms with Crippen LogP contribution in [0.1, 0.15) is 150 Å². The standard InChI is InChI=1S/C55H60N6O/c1-13-25-27(15-3)39-41-29(17-5)31(19-7)43-45-33(21-9)35(23-11)47-55(62)48-36(24-12)34(22-10)46-44-32(20-8)30(18-6)42-40-28(16-4)26(14-2)38-37(25)56(39)49-50(57(38)40)52(59(42)44)54(61(46)48)53(60(45)47)51(49)58(41)43/h13-24H2,1-12H3/p+1. The van der Waals surface area contributed by atoms with Crippen LogP contribution < -0.4 is 4.40 Å². The normalized spacial score (nSPS) is 13.7. The molecule has 0 radical (unpaired) electrons. The number of benzene rings is 1. The first-order chi connectivity index (χ1) is 30.3. The number of aromatic nitrogens is 6. The van der Waals surface area contributed by atoms with Gasteiger partial charge in [0, 0.05) is 11.1 Å². The van der Waals surface area contributed by atoms with Gasteiger partial charge in [-0.15, -0.1) is 4.40 Å². The fraction of sp³-hybridized carbons (Fsp3) is 0.436. The fourth-order valence-corrected chi connectivity index (χ4v) is 15.0. The van der Waals surface area contributed by atoms with E-state index in [1.165, 1.54) is 155 Å². The number of hydrogen-bond donors (Lipinski definition) is 1. The molecule has 12 aromatic heterocycles. The quantitative estimate of drug-likeness (QED) is 0.0745. The van der Waals surface area contributed by atoms with E-state index in [0.717, 1.165) is 88.1 Å². The van der Waals surface area contributed by atoms with Crippen LogP contribution in [0.25, 0.3) is 99.3 Å². The number of fused-ring (bicyclic) bond motifs is 5. The van der Waals surface area contributed by atoms with E-state index < -0.39 is 0 Å². The highest BCUT2D eigenvalue weighted by molar-refractivity contribution is 6.28. The van der Waals surface area contributed by atoms with E-state index in [2.05, 4.69) is 109 Å². The van der Waals surface area contributed by atoms with Crippen LogP contribution in [-0.4, -0.2) is 27.1 Å². The predicted octanol–water partition coefficient (Wildman–Crippen LogP) is 12.7. The Morgan fingerprint density at radius 2 is 0.468 bits per heavy atom. The van der Waals surface area contributed by atoms with Gasteiger partial charge in [0.2, 0.25) is 11.3 Å². The molecular formula is C55H61N6O+. The lowest BCUT2D eigenvalue weighted by Gasteiger charge is -2.23. The second-order valence-electron chi connectivity index (χ2n) is 18.6. The van der Waals surface area contributed by atoms with Gasteiger partial charge in [0.15, 0.2) is 0 Å². The SMILES string of the molecule is CCc1c(CC)c2c3c(CC)c(CC)c4c5c(CC)c(CC)c6c7c(CC)c(CC)c8c9c(CC)c(CC)c%10c%11c(CC)c(CC)c%12c(O)c1n2c1c(c(c(c(c1[n+]%12%11)n9%10)n78)n56)n34. The highest BCUT2D eigenvalue weighted by Crippen LogP contribution is 2.54. The van der Waals surface area contributed by atoms with Crippen LogP contribution >= 0.6 is 0 Å². The van der Waals surface area contributed by atoms with Crippen molar-refractivity contribution >= 4 is 99.3 Å². The van der Waals surface area contributed by atoms with Crippen molar-refractivity contribution in [1.29, 1.82) is 0 Å². The molecule has 0 aliphatic rings. The molecule has 13 aromatic rings. The zero-order valence-corrected chi connectivity index (χ0v) is 39.1. The Balaban J connectivity index is 1.61. The number of nitrogens with zero attached hydrogens (tertiary/aromatic N) is 6. The lowest BCUT2D eigenvalue weighted by Crippen LogP contribution is -2.25. The summed E-state index contributed by atoms with van der Waals surface area (Å²) in [6.07, 6.45) is 11.4. The van der Waals surface area contributed by atoms with Crippen molar-refractivity contribution in [3.63, 3.8) is 0 Å². The van der Waals surface area contributed by atoms with Crippen LogP contribution in [0.3, 0.4) is 0 Å². The van der Waals surface area contributed by atoms with Crippen molar-refractivity contribution < 1.29 is 9.51 Å². The summed E-state index contributed by atoms with van der Waals surface area (Å²) in [4.78, 5) is 0. The molecule has 1 aromatic carbocycles. The summed E-state index contributed by atoms with van der Waals surface area (Å²) in [7, 11) is 0. The molecule has 7 heteroatoms. The summed E-state index contributed by atoms with van der Waals surface area (Å²) in [6.45, 7) is 28.5. The summed E-state index contributed by atoms with van der Waals surface area (Å²) < 4.78 is 16.5. The third-order valence-corrected chi connectivity index (χ3v) is 16.8. The smallest absolute Gasteiger partial charge is 0.264 e. The van der Waals surface area contributed by atoms with Gasteiger partial charge in [0.1, 0.15) is 27.6 Å². The van der Waals surface area contributed by atoms with Gasteiger partial charge < -0.3 is 18.3 Å². The first-order valence-corrected chi connectivity index (χ1v) is 24.7. The molecule has 0 bridgehead atoms. The van der Waals surface area contributed by atoms with E-state index in [0.29, 0.717) is 5.75 Å². The van der Waals surface area contributed by atoms with Gasteiger partial charge >= 0.3 is 0 Å². The molecule has 0 spiro atoms. The van der Waals surface area contributed by atoms with E-state index in [1.807, 2.05) is 0 Å². The largest absolute Gasteiger partial charge is 0.501 e.